The first kappa shape index (κ1) is 18.3. The van der Waals surface area contributed by atoms with Gasteiger partial charge < -0.3 is 9.67 Å². The second kappa shape index (κ2) is 7.53. The molecule has 0 bridgehead atoms. The quantitative estimate of drug-likeness (QED) is 0.562. The molecule has 4 aromatic rings. The second-order valence-corrected chi connectivity index (χ2v) is 6.84. The molecule has 0 unspecified atom stereocenters. The zero-order chi connectivity index (χ0) is 19.7. The van der Waals surface area contributed by atoms with Crippen LogP contribution < -0.4 is 0 Å². The highest BCUT2D eigenvalue weighted by Gasteiger charge is 2.14. The van der Waals surface area contributed by atoms with Crippen molar-refractivity contribution in [2.75, 3.05) is 0 Å². The predicted octanol–water partition coefficient (Wildman–Crippen LogP) is 3.24. The maximum Gasteiger partial charge on any atom is 0.205 e. The van der Waals surface area contributed by atoms with Crippen molar-refractivity contribution >= 4 is 11.6 Å². The van der Waals surface area contributed by atoms with Crippen LogP contribution in [0, 0.1) is 6.92 Å². The standard InChI is InChI=1S/C20H19ClN6O/c1-13-22-19(21)18(12-28)27(13)11-14-7-9-15(10-8-14)16-5-3-4-6-17(16)20-23-25-26(2)24-20/h3-10,28H,11-12H2,1-2H3. The summed E-state index contributed by atoms with van der Waals surface area (Å²) in [5.41, 5.74) is 4.76. The van der Waals surface area contributed by atoms with Crippen molar-refractivity contribution in [2.45, 2.75) is 20.1 Å². The van der Waals surface area contributed by atoms with Crippen LogP contribution in [-0.2, 0) is 20.2 Å². The first-order valence-electron chi connectivity index (χ1n) is 8.82. The second-order valence-electron chi connectivity index (χ2n) is 6.49. The van der Waals surface area contributed by atoms with Crippen LogP contribution in [0.2, 0.25) is 5.15 Å². The van der Waals surface area contributed by atoms with E-state index in [9.17, 15) is 5.11 Å². The number of halogens is 1. The highest BCUT2D eigenvalue weighted by Crippen LogP contribution is 2.30. The molecule has 2 aromatic carbocycles. The van der Waals surface area contributed by atoms with Crippen molar-refractivity contribution in [1.29, 1.82) is 0 Å². The van der Waals surface area contributed by atoms with Crippen molar-refractivity contribution in [1.82, 2.24) is 29.8 Å². The smallest absolute Gasteiger partial charge is 0.205 e. The van der Waals surface area contributed by atoms with Crippen LogP contribution in [0.25, 0.3) is 22.5 Å². The Bertz CT molecular complexity index is 1120. The minimum absolute atomic E-state index is 0.143. The number of nitrogens with zero attached hydrogens (tertiary/aromatic N) is 6. The lowest BCUT2D eigenvalue weighted by molar-refractivity contribution is 0.271. The number of rotatable bonds is 5. The van der Waals surface area contributed by atoms with Gasteiger partial charge in [0.05, 0.1) is 19.3 Å². The van der Waals surface area contributed by atoms with Gasteiger partial charge in [-0.2, -0.15) is 4.80 Å². The molecule has 7 nitrogen and oxygen atoms in total. The van der Waals surface area contributed by atoms with Crippen LogP contribution in [0.1, 0.15) is 17.1 Å². The van der Waals surface area contributed by atoms with E-state index in [1.54, 1.807) is 7.05 Å². The van der Waals surface area contributed by atoms with Crippen LogP contribution in [0.15, 0.2) is 48.5 Å². The van der Waals surface area contributed by atoms with Gasteiger partial charge in [-0.25, -0.2) is 4.98 Å². The van der Waals surface area contributed by atoms with Crippen LogP contribution in [0.4, 0.5) is 0 Å². The van der Waals surface area contributed by atoms with Gasteiger partial charge in [-0.1, -0.05) is 60.1 Å². The molecule has 0 fully saturated rings. The maximum absolute atomic E-state index is 9.56. The Morgan fingerprint density at radius 2 is 1.75 bits per heavy atom. The molecule has 2 aromatic heterocycles. The minimum Gasteiger partial charge on any atom is -0.390 e. The largest absolute Gasteiger partial charge is 0.390 e. The molecule has 0 saturated heterocycles. The third kappa shape index (κ3) is 3.42. The molecule has 8 heteroatoms. The van der Waals surface area contributed by atoms with Gasteiger partial charge in [-0.05, 0) is 28.8 Å². The lowest BCUT2D eigenvalue weighted by Crippen LogP contribution is -2.06. The summed E-state index contributed by atoms with van der Waals surface area (Å²) < 4.78 is 1.93. The van der Waals surface area contributed by atoms with Crippen molar-refractivity contribution in [2.24, 2.45) is 7.05 Å². The molecule has 0 aliphatic carbocycles. The maximum atomic E-state index is 9.56. The van der Waals surface area contributed by atoms with Gasteiger partial charge in [0.2, 0.25) is 5.82 Å². The molecule has 1 N–H and O–H groups in total. The summed E-state index contributed by atoms with van der Waals surface area (Å²) in [6, 6.07) is 16.2. The van der Waals surface area contributed by atoms with Gasteiger partial charge >= 0.3 is 0 Å². The number of hydrogen-bond acceptors (Lipinski definition) is 5. The van der Waals surface area contributed by atoms with Crippen LogP contribution >= 0.6 is 11.6 Å². The number of tetrazole rings is 1. The van der Waals surface area contributed by atoms with E-state index in [1.165, 1.54) is 4.80 Å². The monoisotopic (exact) mass is 394 g/mol. The van der Waals surface area contributed by atoms with Crippen LogP contribution in [0.5, 0.6) is 0 Å². The SMILES string of the molecule is Cc1nc(Cl)c(CO)n1Cc1ccc(-c2ccccc2-c2nnn(C)n2)cc1. The number of hydrogen-bond donors (Lipinski definition) is 1. The number of aromatic nitrogens is 6. The molecule has 0 aliphatic heterocycles. The molecule has 0 spiro atoms. The average molecular weight is 395 g/mol. The molecule has 0 saturated carbocycles. The van der Waals surface area contributed by atoms with Crippen molar-refractivity contribution in [3.63, 3.8) is 0 Å². The molecule has 0 radical (unpaired) electrons. The van der Waals surface area contributed by atoms with E-state index in [0.717, 1.165) is 28.1 Å². The molecular weight excluding hydrogens is 376 g/mol. The minimum atomic E-state index is -0.143. The highest BCUT2D eigenvalue weighted by molar-refractivity contribution is 6.30. The van der Waals surface area contributed by atoms with Crippen LogP contribution in [-0.4, -0.2) is 34.9 Å². The van der Waals surface area contributed by atoms with Gasteiger partial charge in [0.1, 0.15) is 5.82 Å². The highest BCUT2D eigenvalue weighted by atomic mass is 35.5. The fraction of sp³-hybridized carbons (Fsp3) is 0.200. The Morgan fingerprint density at radius 3 is 2.39 bits per heavy atom. The van der Waals surface area contributed by atoms with E-state index in [1.807, 2.05) is 35.8 Å². The van der Waals surface area contributed by atoms with Gasteiger partial charge in [0, 0.05) is 12.1 Å². The van der Waals surface area contributed by atoms with E-state index >= 15 is 0 Å². The Morgan fingerprint density at radius 1 is 1.04 bits per heavy atom. The van der Waals surface area contributed by atoms with Gasteiger partial charge in [0.15, 0.2) is 5.15 Å². The summed E-state index contributed by atoms with van der Waals surface area (Å²) in [7, 11) is 1.75. The number of benzene rings is 2. The van der Waals surface area contributed by atoms with Crippen molar-refractivity contribution in [3.05, 3.63) is 70.8 Å². The van der Waals surface area contributed by atoms with Gasteiger partial charge in [-0.3, -0.25) is 0 Å². The molecule has 142 valence electrons. The summed E-state index contributed by atoms with van der Waals surface area (Å²) in [5.74, 6) is 1.37. The van der Waals surface area contributed by atoms with Crippen LogP contribution in [0.3, 0.4) is 0 Å². The fourth-order valence-electron chi connectivity index (χ4n) is 3.23. The third-order valence-electron chi connectivity index (χ3n) is 4.65. The van der Waals surface area contributed by atoms with E-state index in [2.05, 4.69) is 44.7 Å². The Balaban J connectivity index is 1.65. The van der Waals surface area contributed by atoms with Crippen molar-refractivity contribution in [3.8, 4) is 22.5 Å². The Hall–Kier alpha value is -3.03. The van der Waals surface area contributed by atoms with E-state index in [4.69, 9.17) is 11.6 Å². The number of aryl methyl sites for hydroxylation is 2. The zero-order valence-electron chi connectivity index (χ0n) is 15.5. The first-order chi connectivity index (χ1) is 13.6. The fourth-order valence-corrected chi connectivity index (χ4v) is 3.51. The van der Waals surface area contributed by atoms with Gasteiger partial charge in [-0.15, -0.1) is 10.2 Å². The zero-order valence-corrected chi connectivity index (χ0v) is 16.3. The molecule has 0 atom stereocenters. The predicted molar refractivity (Wildman–Crippen MR) is 107 cm³/mol. The molecule has 0 aliphatic rings. The van der Waals surface area contributed by atoms with Gasteiger partial charge in [0.25, 0.3) is 0 Å². The average Bonchev–Trinajstić information content (AvgIpc) is 3.25. The van der Waals surface area contributed by atoms with E-state index in [-0.39, 0.29) is 6.61 Å². The Kier molecular flexibility index (Phi) is 4.93. The normalized spacial score (nSPS) is 11.1. The molecular formula is C20H19ClN6O. The molecule has 0 amide bonds. The molecule has 2 heterocycles. The van der Waals surface area contributed by atoms with E-state index in [0.29, 0.717) is 23.2 Å². The summed E-state index contributed by atoms with van der Waals surface area (Å²) in [6.07, 6.45) is 0. The number of imidazole rings is 1. The Labute approximate surface area is 167 Å². The lowest BCUT2D eigenvalue weighted by atomic mass is 9.98. The summed E-state index contributed by atoms with van der Waals surface area (Å²) in [6.45, 7) is 2.33. The summed E-state index contributed by atoms with van der Waals surface area (Å²) in [5, 5.41) is 22.3. The number of aliphatic hydroxyl groups excluding tert-OH is 1. The van der Waals surface area contributed by atoms with Crippen molar-refractivity contribution < 1.29 is 5.11 Å². The first-order valence-corrected chi connectivity index (χ1v) is 9.19. The topological polar surface area (TPSA) is 81.7 Å². The third-order valence-corrected chi connectivity index (χ3v) is 4.95. The number of aliphatic hydroxyl groups is 1. The lowest BCUT2D eigenvalue weighted by Gasteiger charge is -2.11. The molecule has 4 rings (SSSR count). The van der Waals surface area contributed by atoms with E-state index < -0.39 is 0 Å². The summed E-state index contributed by atoms with van der Waals surface area (Å²) in [4.78, 5) is 5.69. The summed E-state index contributed by atoms with van der Waals surface area (Å²) >= 11 is 6.09. The molecule has 28 heavy (non-hydrogen) atoms.